The SMILES string of the molecule is Cc1nc(-c2ccccn2)sc1C(=O)NC(C)c1ccc(NC(=O)Nc2ccccc2)cc1. The number of pyridine rings is 1. The van der Waals surface area contributed by atoms with Gasteiger partial charge in [-0.3, -0.25) is 9.78 Å². The van der Waals surface area contributed by atoms with E-state index in [4.69, 9.17) is 0 Å². The number of aromatic nitrogens is 2. The minimum absolute atomic E-state index is 0.177. The number of urea groups is 1. The van der Waals surface area contributed by atoms with Crippen molar-refractivity contribution < 1.29 is 9.59 Å². The molecule has 33 heavy (non-hydrogen) atoms. The highest BCUT2D eigenvalue weighted by Gasteiger charge is 2.19. The van der Waals surface area contributed by atoms with Crippen molar-refractivity contribution in [2.45, 2.75) is 19.9 Å². The molecule has 0 bridgehead atoms. The van der Waals surface area contributed by atoms with Crippen LogP contribution in [0, 0.1) is 6.92 Å². The van der Waals surface area contributed by atoms with E-state index in [2.05, 4.69) is 25.9 Å². The van der Waals surface area contributed by atoms with E-state index in [1.807, 2.05) is 74.5 Å². The Morgan fingerprint density at radius 3 is 2.21 bits per heavy atom. The molecule has 0 spiro atoms. The van der Waals surface area contributed by atoms with Crippen molar-refractivity contribution in [2.75, 3.05) is 10.6 Å². The molecule has 0 fully saturated rings. The Balaban J connectivity index is 1.37. The van der Waals surface area contributed by atoms with Crippen LogP contribution in [0.25, 0.3) is 10.7 Å². The van der Waals surface area contributed by atoms with Crippen molar-refractivity contribution in [1.82, 2.24) is 15.3 Å². The zero-order chi connectivity index (χ0) is 23.2. The molecular formula is C25H23N5O2S. The molecule has 4 rings (SSSR count). The Morgan fingerprint density at radius 2 is 1.55 bits per heavy atom. The zero-order valence-corrected chi connectivity index (χ0v) is 19.0. The van der Waals surface area contributed by atoms with Gasteiger partial charge >= 0.3 is 6.03 Å². The van der Waals surface area contributed by atoms with Gasteiger partial charge in [-0.25, -0.2) is 9.78 Å². The summed E-state index contributed by atoms with van der Waals surface area (Å²) >= 11 is 1.33. The number of nitrogens with one attached hydrogen (secondary N) is 3. The second kappa shape index (κ2) is 10.1. The summed E-state index contributed by atoms with van der Waals surface area (Å²) in [7, 11) is 0. The molecule has 1 atom stereocenters. The smallest absolute Gasteiger partial charge is 0.323 e. The molecule has 4 aromatic rings. The highest BCUT2D eigenvalue weighted by atomic mass is 32.1. The molecule has 1 unspecified atom stereocenters. The number of anilines is 2. The van der Waals surface area contributed by atoms with Crippen LogP contribution < -0.4 is 16.0 Å². The van der Waals surface area contributed by atoms with E-state index in [1.165, 1.54) is 11.3 Å². The summed E-state index contributed by atoms with van der Waals surface area (Å²) in [4.78, 5) is 34.4. The van der Waals surface area contributed by atoms with Gasteiger partial charge < -0.3 is 16.0 Å². The van der Waals surface area contributed by atoms with Crippen molar-refractivity contribution >= 4 is 34.6 Å². The van der Waals surface area contributed by atoms with Gasteiger partial charge in [0.1, 0.15) is 9.88 Å². The summed E-state index contributed by atoms with van der Waals surface area (Å²) < 4.78 is 0. The molecule has 0 aliphatic heterocycles. The van der Waals surface area contributed by atoms with Gasteiger partial charge in [0.15, 0.2) is 0 Å². The summed E-state index contributed by atoms with van der Waals surface area (Å²) in [6.45, 7) is 3.74. The predicted molar refractivity (Wildman–Crippen MR) is 131 cm³/mol. The number of nitrogens with zero attached hydrogens (tertiary/aromatic N) is 2. The first-order valence-electron chi connectivity index (χ1n) is 10.4. The average molecular weight is 458 g/mol. The number of carbonyl (C=O) groups excluding carboxylic acids is 2. The third-order valence-electron chi connectivity index (χ3n) is 4.93. The van der Waals surface area contributed by atoms with Crippen LogP contribution in [-0.4, -0.2) is 21.9 Å². The minimum Gasteiger partial charge on any atom is -0.345 e. The van der Waals surface area contributed by atoms with Gasteiger partial charge in [-0.1, -0.05) is 36.4 Å². The van der Waals surface area contributed by atoms with Crippen molar-refractivity contribution in [3.8, 4) is 10.7 Å². The molecule has 0 aliphatic carbocycles. The normalized spacial score (nSPS) is 11.5. The van der Waals surface area contributed by atoms with Crippen molar-refractivity contribution in [3.63, 3.8) is 0 Å². The van der Waals surface area contributed by atoms with Gasteiger partial charge in [0.2, 0.25) is 0 Å². The fourth-order valence-corrected chi connectivity index (χ4v) is 4.17. The summed E-state index contributed by atoms with van der Waals surface area (Å²) in [5.74, 6) is -0.177. The third-order valence-corrected chi connectivity index (χ3v) is 6.11. The molecule has 3 amide bonds. The molecule has 2 aromatic heterocycles. The van der Waals surface area contributed by atoms with E-state index >= 15 is 0 Å². The lowest BCUT2D eigenvalue weighted by atomic mass is 10.1. The first-order valence-corrected chi connectivity index (χ1v) is 11.2. The Hall–Kier alpha value is -4.04. The minimum atomic E-state index is -0.320. The van der Waals surface area contributed by atoms with Gasteiger partial charge in [0, 0.05) is 17.6 Å². The van der Waals surface area contributed by atoms with Crippen LogP contribution in [0.1, 0.15) is 33.9 Å². The van der Waals surface area contributed by atoms with Crippen molar-refractivity contribution in [3.05, 3.63) is 95.1 Å². The molecule has 8 heteroatoms. The van der Waals surface area contributed by atoms with E-state index in [1.54, 1.807) is 18.3 Å². The first-order chi connectivity index (χ1) is 16.0. The molecule has 0 saturated heterocycles. The van der Waals surface area contributed by atoms with E-state index in [0.717, 1.165) is 16.3 Å². The Morgan fingerprint density at radius 1 is 0.879 bits per heavy atom. The van der Waals surface area contributed by atoms with Gasteiger partial charge in [-0.2, -0.15) is 0 Å². The molecule has 166 valence electrons. The van der Waals surface area contributed by atoms with E-state index in [-0.39, 0.29) is 18.0 Å². The average Bonchev–Trinajstić information content (AvgIpc) is 3.22. The standard InChI is InChI=1S/C25H23N5O2S/c1-16(27-23(31)22-17(2)28-24(33-22)21-10-6-7-15-26-21)18-11-13-20(14-12-18)30-25(32)29-19-8-4-3-5-9-19/h3-16H,1-2H3,(H,27,31)(H2,29,30,32). The third kappa shape index (κ3) is 5.61. The Labute approximate surface area is 195 Å². The number of aryl methyl sites for hydroxylation is 1. The molecule has 0 radical (unpaired) electrons. The fourth-order valence-electron chi connectivity index (χ4n) is 3.22. The molecule has 7 nitrogen and oxygen atoms in total. The van der Waals surface area contributed by atoms with Crippen LogP contribution in [0.15, 0.2) is 79.0 Å². The van der Waals surface area contributed by atoms with Crippen LogP contribution >= 0.6 is 11.3 Å². The quantitative estimate of drug-likeness (QED) is 0.349. The molecule has 0 aliphatic rings. The van der Waals surface area contributed by atoms with Crippen LogP contribution in [0.5, 0.6) is 0 Å². The largest absolute Gasteiger partial charge is 0.345 e. The summed E-state index contributed by atoms with van der Waals surface area (Å²) in [5, 5.41) is 9.31. The summed E-state index contributed by atoms with van der Waals surface area (Å²) in [6, 6.07) is 21.7. The maximum atomic E-state index is 12.9. The van der Waals surface area contributed by atoms with Crippen LogP contribution in [0.4, 0.5) is 16.2 Å². The topological polar surface area (TPSA) is 96.0 Å². The summed E-state index contributed by atoms with van der Waals surface area (Å²) in [6.07, 6.45) is 1.71. The molecule has 2 heterocycles. The molecular weight excluding hydrogens is 434 g/mol. The number of hydrogen-bond acceptors (Lipinski definition) is 5. The Bertz CT molecular complexity index is 1240. The van der Waals surface area contributed by atoms with E-state index in [0.29, 0.717) is 21.9 Å². The van der Waals surface area contributed by atoms with Crippen LogP contribution in [0.3, 0.4) is 0 Å². The second-order valence-electron chi connectivity index (χ2n) is 7.41. The number of carbonyl (C=O) groups is 2. The zero-order valence-electron chi connectivity index (χ0n) is 18.2. The van der Waals surface area contributed by atoms with Gasteiger partial charge in [-0.05, 0) is 55.8 Å². The molecule has 3 N–H and O–H groups in total. The van der Waals surface area contributed by atoms with Crippen molar-refractivity contribution in [1.29, 1.82) is 0 Å². The fraction of sp³-hybridized carbons (Fsp3) is 0.120. The van der Waals surface area contributed by atoms with Gasteiger partial charge in [0.05, 0.1) is 17.4 Å². The molecule has 0 saturated carbocycles. The maximum absolute atomic E-state index is 12.9. The first kappa shape index (κ1) is 22.2. The number of amides is 3. The number of para-hydroxylation sites is 1. The number of rotatable bonds is 6. The maximum Gasteiger partial charge on any atom is 0.323 e. The lowest BCUT2D eigenvalue weighted by Gasteiger charge is -2.15. The van der Waals surface area contributed by atoms with E-state index < -0.39 is 0 Å². The van der Waals surface area contributed by atoms with Crippen molar-refractivity contribution in [2.24, 2.45) is 0 Å². The van der Waals surface area contributed by atoms with Crippen LogP contribution in [-0.2, 0) is 0 Å². The summed E-state index contributed by atoms with van der Waals surface area (Å²) in [5.41, 5.74) is 3.72. The predicted octanol–water partition coefficient (Wildman–Crippen LogP) is 5.65. The lowest BCUT2D eigenvalue weighted by molar-refractivity contribution is 0.0943. The highest BCUT2D eigenvalue weighted by molar-refractivity contribution is 7.17. The lowest BCUT2D eigenvalue weighted by Crippen LogP contribution is -2.26. The number of hydrogen-bond donors (Lipinski definition) is 3. The van der Waals surface area contributed by atoms with Crippen LogP contribution in [0.2, 0.25) is 0 Å². The number of thiazole rings is 1. The Kier molecular flexibility index (Phi) is 6.75. The van der Waals surface area contributed by atoms with E-state index in [9.17, 15) is 9.59 Å². The monoisotopic (exact) mass is 457 g/mol. The number of benzene rings is 2. The van der Waals surface area contributed by atoms with Gasteiger partial charge in [-0.15, -0.1) is 11.3 Å². The second-order valence-corrected chi connectivity index (χ2v) is 8.41. The molecule has 2 aromatic carbocycles. The van der Waals surface area contributed by atoms with Gasteiger partial charge in [0.25, 0.3) is 5.91 Å². The highest BCUT2D eigenvalue weighted by Crippen LogP contribution is 2.27.